The first kappa shape index (κ1) is 24.7. The number of rotatable bonds is 11. The van der Waals surface area contributed by atoms with Gasteiger partial charge in [-0.2, -0.15) is 11.8 Å². The van der Waals surface area contributed by atoms with Crippen molar-refractivity contribution < 1.29 is 14.2 Å². The first-order valence-corrected chi connectivity index (χ1v) is 13.7. The molecule has 6 heteroatoms. The Morgan fingerprint density at radius 2 is 2.06 bits per heavy atom. The van der Waals surface area contributed by atoms with Crippen LogP contribution in [0.2, 0.25) is 0 Å². The Morgan fingerprint density at radius 1 is 1.27 bits per heavy atom. The first-order valence-electron chi connectivity index (χ1n) is 12.7. The molecule has 4 nitrogen and oxygen atoms in total. The van der Waals surface area contributed by atoms with Crippen molar-refractivity contribution in [3.63, 3.8) is 0 Å². The SMILES string of the molecule is COc1ccc2ncc(CF)c(CCCC3(C(O)CCSC4CCCC4)CCNCC3)c2c1. The summed E-state index contributed by atoms with van der Waals surface area (Å²) < 4.78 is 19.2. The summed E-state index contributed by atoms with van der Waals surface area (Å²) >= 11 is 2.07. The van der Waals surface area contributed by atoms with Crippen LogP contribution in [0.15, 0.2) is 24.4 Å². The maximum Gasteiger partial charge on any atom is 0.119 e. The number of hydrogen-bond donors (Lipinski definition) is 2. The number of methoxy groups -OCH3 is 1. The van der Waals surface area contributed by atoms with Crippen LogP contribution in [-0.4, -0.2) is 47.4 Å². The third kappa shape index (κ3) is 6.01. The van der Waals surface area contributed by atoms with E-state index in [2.05, 4.69) is 22.1 Å². The molecule has 0 bridgehead atoms. The number of pyridine rings is 1. The Balaban J connectivity index is 1.43. The van der Waals surface area contributed by atoms with E-state index in [1.54, 1.807) is 13.3 Å². The zero-order valence-corrected chi connectivity index (χ0v) is 20.8. The summed E-state index contributed by atoms with van der Waals surface area (Å²) in [4.78, 5) is 4.45. The summed E-state index contributed by atoms with van der Waals surface area (Å²) in [7, 11) is 1.65. The predicted molar refractivity (Wildman–Crippen MR) is 136 cm³/mol. The molecule has 2 N–H and O–H groups in total. The van der Waals surface area contributed by atoms with Crippen LogP contribution in [0.1, 0.15) is 68.9 Å². The van der Waals surface area contributed by atoms with E-state index in [4.69, 9.17) is 4.74 Å². The lowest BCUT2D eigenvalue weighted by molar-refractivity contribution is -0.00830. The minimum atomic E-state index is -0.508. The average Bonchev–Trinajstić information content (AvgIpc) is 3.38. The summed E-state index contributed by atoms with van der Waals surface area (Å²) in [6, 6.07) is 5.82. The Morgan fingerprint density at radius 3 is 2.79 bits per heavy atom. The highest BCUT2D eigenvalue weighted by Crippen LogP contribution is 2.41. The highest BCUT2D eigenvalue weighted by atomic mass is 32.2. The number of thioether (sulfide) groups is 1. The van der Waals surface area contributed by atoms with Crippen LogP contribution >= 0.6 is 11.8 Å². The maximum absolute atomic E-state index is 13.8. The Kier molecular flexibility index (Phi) is 8.89. The van der Waals surface area contributed by atoms with Gasteiger partial charge in [0.05, 0.1) is 18.7 Å². The number of halogens is 1. The van der Waals surface area contributed by atoms with Gasteiger partial charge in [0.2, 0.25) is 0 Å². The summed E-state index contributed by atoms with van der Waals surface area (Å²) in [5.41, 5.74) is 2.56. The van der Waals surface area contributed by atoms with Gasteiger partial charge in [-0.15, -0.1) is 0 Å². The molecule has 2 aromatic rings. The Labute approximate surface area is 202 Å². The second-order valence-electron chi connectivity index (χ2n) is 9.83. The molecule has 0 spiro atoms. The molecular weight excluding hydrogens is 435 g/mol. The minimum Gasteiger partial charge on any atom is -0.497 e. The molecule has 1 atom stereocenters. The lowest BCUT2D eigenvalue weighted by atomic mass is 9.69. The molecule has 4 rings (SSSR count). The lowest BCUT2D eigenvalue weighted by Crippen LogP contribution is -2.45. The number of aryl methyl sites for hydroxylation is 1. The number of hydrogen-bond acceptors (Lipinski definition) is 5. The van der Waals surface area contributed by atoms with Gasteiger partial charge in [-0.25, -0.2) is 4.39 Å². The lowest BCUT2D eigenvalue weighted by Gasteiger charge is -2.42. The van der Waals surface area contributed by atoms with Crippen molar-refractivity contribution in [2.75, 3.05) is 26.0 Å². The number of aliphatic hydroxyl groups is 1. The van der Waals surface area contributed by atoms with Crippen molar-refractivity contribution >= 4 is 22.7 Å². The zero-order chi connectivity index (χ0) is 23.1. The molecule has 1 aliphatic heterocycles. The number of nitrogens with one attached hydrogen (secondary N) is 1. The van der Waals surface area contributed by atoms with E-state index in [0.29, 0.717) is 5.56 Å². The van der Waals surface area contributed by atoms with Crippen LogP contribution in [0.25, 0.3) is 10.9 Å². The van der Waals surface area contributed by atoms with Crippen LogP contribution < -0.4 is 10.1 Å². The number of aliphatic hydroxyl groups excluding tert-OH is 1. The number of nitrogens with zero attached hydrogens (tertiary/aromatic N) is 1. The first-order chi connectivity index (χ1) is 16.1. The van der Waals surface area contributed by atoms with Gasteiger partial charge in [-0.05, 0) is 99.4 Å². The van der Waals surface area contributed by atoms with Crippen LogP contribution in [0.5, 0.6) is 5.75 Å². The molecule has 1 aliphatic carbocycles. The van der Waals surface area contributed by atoms with Gasteiger partial charge in [0.15, 0.2) is 0 Å². The quantitative estimate of drug-likeness (QED) is 0.429. The normalized spacial score (nSPS) is 19.7. The fourth-order valence-corrected chi connectivity index (χ4v) is 7.16. The largest absolute Gasteiger partial charge is 0.497 e. The molecule has 182 valence electrons. The zero-order valence-electron chi connectivity index (χ0n) is 20.0. The summed E-state index contributed by atoms with van der Waals surface area (Å²) in [5.74, 6) is 1.83. The van der Waals surface area contributed by atoms with Gasteiger partial charge in [-0.3, -0.25) is 4.98 Å². The number of benzene rings is 1. The smallest absolute Gasteiger partial charge is 0.119 e. The van der Waals surface area contributed by atoms with E-state index in [1.807, 2.05) is 18.2 Å². The molecule has 2 heterocycles. The third-order valence-electron chi connectivity index (χ3n) is 7.87. The highest BCUT2D eigenvalue weighted by molar-refractivity contribution is 7.99. The van der Waals surface area contributed by atoms with Gasteiger partial charge < -0.3 is 15.2 Å². The van der Waals surface area contributed by atoms with Crippen molar-refractivity contribution in [1.29, 1.82) is 0 Å². The van der Waals surface area contributed by atoms with Crippen molar-refractivity contribution in [3.8, 4) is 5.75 Å². The van der Waals surface area contributed by atoms with Gasteiger partial charge in [0.1, 0.15) is 12.4 Å². The van der Waals surface area contributed by atoms with E-state index in [0.717, 1.165) is 84.8 Å². The summed E-state index contributed by atoms with van der Waals surface area (Å²) in [5, 5.41) is 16.6. The molecule has 1 saturated carbocycles. The average molecular weight is 475 g/mol. The molecule has 0 amide bonds. The topological polar surface area (TPSA) is 54.4 Å². The summed E-state index contributed by atoms with van der Waals surface area (Å²) in [6.07, 6.45) is 12.5. The molecule has 2 fully saturated rings. The number of piperidine rings is 1. The van der Waals surface area contributed by atoms with E-state index < -0.39 is 6.67 Å². The standard InChI is InChI=1S/C27H39FN2O2S/c1-32-21-8-9-25-24(17-21)23(20(18-28)19-30-25)7-4-11-27(12-14-29-15-13-27)26(31)10-16-33-22-5-2-3-6-22/h8-9,17,19,22,26,29,31H,2-7,10-16,18H2,1H3. The molecule has 33 heavy (non-hydrogen) atoms. The van der Waals surface area contributed by atoms with Crippen molar-refractivity contribution in [2.45, 2.75) is 82.2 Å². The molecule has 1 aromatic heterocycles. The minimum absolute atomic E-state index is 0.0299. The molecule has 1 aromatic carbocycles. The molecule has 1 unspecified atom stereocenters. The molecule has 2 aliphatic rings. The van der Waals surface area contributed by atoms with Crippen LogP contribution in [-0.2, 0) is 13.1 Å². The van der Waals surface area contributed by atoms with E-state index in [1.165, 1.54) is 25.7 Å². The maximum atomic E-state index is 13.8. The fraction of sp³-hybridized carbons (Fsp3) is 0.667. The molecule has 0 radical (unpaired) electrons. The molecular formula is C27H39FN2O2S. The van der Waals surface area contributed by atoms with Crippen molar-refractivity contribution in [3.05, 3.63) is 35.5 Å². The van der Waals surface area contributed by atoms with Gasteiger partial charge in [0.25, 0.3) is 0 Å². The highest BCUT2D eigenvalue weighted by Gasteiger charge is 2.38. The Hall–Kier alpha value is -1.37. The fourth-order valence-electron chi connectivity index (χ4n) is 5.80. The van der Waals surface area contributed by atoms with E-state index >= 15 is 0 Å². The second kappa shape index (κ2) is 11.9. The number of fused-ring (bicyclic) bond motifs is 1. The van der Waals surface area contributed by atoms with Crippen molar-refractivity contribution in [2.24, 2.45) is 5.41 Å². The van der Waals surface area contributed by atoms with Gasteiger partial charge in [0, 0.05) is 22.4 Å². The number of alkyl halides is 1. The van der Waals surface area contributed by atoms with E-state index in [-0.39, 0.29) is 11.5 Å². The number of aromatic nitrogens is 1. The van der Waals surface area contributed by atoms with Crippen LogP contribution in [0, 0.1) is 5.41 Å². The predicted octanol–water partition coefficient (Wildman–Crippen LogP) is 5.83. The van der Waals surface area contributed by atoms with Crippen molar-refractivity contribution in [1.82, 2.24) is 10.3 Å². The summed E-state index contributed by atoms with van der Waals surface area (Å²) in [6.45, 7) is 1.43. The third-order valence-corrected chi connectivity index (χ3v) is 9.29. The molecule has 1 saturated heterocycles. The van der Waals surface area contributed by atoms with E-state index in [9.17, 15) is 9.50 Å². The van der Waals surface area contributed by atoms with Crippen LogP contribution in [0.4, 0.5) is 4.39 Å². The second-order valence-corrected chi connectivity index (χ2v) is 11.2. The van der Waals surface area contributed by atoms with Gasteiger partial charge in [-0.1, -0.05) is 12.8 Å². The van der Waals surface area contributed by atoms with Gasteiger partial charge >= 0.3 is 0 Å². The monoisotopic (exact) mass is 474 g/mol. The number of ether oxygens (including phenoxy) is 1. The Bertz CT molecular complexity index is 892. The van der Waals surface area contributed by atoms with Crippen LogP contribution in [0.3, 0.4) is 0 Å².